The minimum Gasteiger partial charge on any atom is -0.360 e. The average molecular weight is 396 g/mol. The van der Waals surface area contributed by atoms with Crippen LogP contribution in [0.15, 0.2) is 39.8 Å². The van der Waals surface area contributed by atoms with E-state index >= 15 is 0 Å². The van der Waals surface area contributed by atoms with E-state index in [-0.39, 0.29) is 17.2 Å². The van der Waals surface area contributed by atoms with Crippen molar-refractivity contribution in [3.63, 3.8) is 0 Å². The van der Waals surface area contributed by atoms with E-state index in [4.69, 9.17) is 4.52 Å². The van der Waals surface area contributed by atoms with Gasteiger partial charge in [0, 0.05) is 45.2 Å². The van der Waals surface area contributed by atoms with E-state index in [0.717, 1.165) is 12.1 Å². The fraction of sp³-hybridized carbons (Fsp3) is 0.412. The summed E-state index contributed by atoms with van der Waals surface area (Å²) in [5.41, 5.74) is 0. The second kappa shape index (κ2) is 8.15. The highest BCUT2D eigenvalue weighted by Gasteiger charge is 2.28. The molecule has 1 aliphatic heterocycles. The molecule has 27 heavy (non-hydrogen) atoms. The molecule has 3 rings (SSSR count). The third-order valence-corrected chi connectivity index (χ3v) is 6.25. The maximum Gasteiger partial charge on any atom is 0.243 e. The number of aryl methyl sites for hydroxylation is 1. The van der Waals surface area contributed by atoms with Crippen molar-refractivity contribution in [3.8, 4) is 0 Å². The van der Waals surface area contributed by atoms with Crippen molar-refractivity contribution in [2.75, 3.05) is 38.0 Å². The van der Waals surface area contributed by atoms with Gasteiger partial charge in [0.1, 0.15) is 11.6 Å². The van der Waals surface area contributed by atoms with Gasteiger partial charge in [0.25, 0.3) is 0 Å². The van der Waals surface area contributed by atoms with Crippen LogP contribution in [0.2, 0.25) is 0 Å². The number of nitrogens with one attached hydrogen (secondary N) is 1. The molecule has 1 aromatic heterocycles. The van der Waals surface area contributed by atoms with Crippen LogP contribution in [0.25, 0.3) is 0 Å². The molecule has 1 N–H and O–H groups in total. The largest absolute Gasteiger partial charge is 0.360 e. The van der Waals surface area contributed by atoms with Gasteiger partial charge in [0.15, 0.2) is 5.82 Å². The first-order valence-corrected chi connectivity index (χ1v) is 10.00. The zero-order chi connectivity index (χ0) is 19.4. The van der Waals surface area contributed by atoms with Crippen LogP contribution in [-0.2, 0) is 14.8 Å². The lowest BCUT2D eigenvalue weighted by Gasteiger charge is -2.33. The normalized spacial score (nSPS) is 16.4. The van der Waals surface area contributed by atoms with Crippen LogP contribution in [0.1, 0.15) is 12.2 Å². The van der Waals surface area contributed by atoms with Crippen molar-refractivity contribution in [1.82, 2.24) is 14.4 Å². The van der Waals surface area contributed by atoms with Crippen LogP contribution in [0.4, 0.5) is 10.2 Å². The Morgan fingerprint density at radius 1 is 1.22 bits per heavy atom. The SMILES string of the molecule is Cc1cc(NC(=O)CCN2CCN(S(=O)(=O)c3ccc(F)cc3)CC2)no1. The fourth-order valence-corrected chi connectivity index (χ4v) is 4.26. The predicted molar refractivity (Wildman–Crippen MR) is 96.1 cm³/mol. The number of amides is 1. The number of carbonyl (C=O) groups excluding carboxylic acids is 1. The maximum absolute atomic E-state index is 13.0. The monoisotopic (exact) mass is 396 g/mol. The lowest BCUT2D eigenvalue weighted by atomic mass is 10.3. The summed E-state index contributed by atoms with van der Waals surface area (Å²) in [5, 5.41) is 6.36. The zero-order valence-electron chi connectivity index (χ0n) is 14.9. The van der Waals surface area contributed by atoms with E-state index in [0.29, 0.717) is 44.3 Å². The average Bonchev–Trinajstić information content (AvgIpc) is 3.05. The molecule has 1 aromatic carbocycles. The van der Waals surface area contributed by atoms with Crippen LogP contribution < -0.4 is 5.32 Å². The van der Waals surface area contributed by atoms with Crippen molar-refractivity contribution < 1.29 is 22.1 Å². The Morgan fingerprint density at radius 3 is 2.48 bits per heavy atom. The van der Waals surface area contributed by atoms with Gasteiger partial charge in [-0.3, -0.25) is 4.79 Å². The topological polar surface area (TPSA) is 95.8 Å². The molecule has 0 unspecified atom stereocenters. The standard InChI is InChI=1S/C17H21FN4O4S/c1-13-12-16(20-26-13)19-17(23)6-7-21-8-10-22(11-9-21)27(24,25)15-4-2-14(18)3-5-15/h2-5,12H,6-11H2,1H3,(H,19,20,23). The number of piperazine rings is 1. The van der Waals surface area contributed by atoms with Crippen LogP contribution in [0.5, 0.6) is 0 Å². The van der Waals surface area contributed by atoms with E-state index in [1.165, 1.54) is 16.4 Å². The highest BCUT2D eigenvalue weighted by Crippen LogP contribution is 2.18. The Hall–Kier alpha value is -2.30. The summed E-state index contributed by atoms with van der Waals surface area (Å²) in [4.78, 5) is 14.1. The van der Waals surface area contributed by atoms with E-state index in [1.807, 2.05) is 4.90 Å². The minimum atomic E-state index is -3.63. The van der Waals surface area contributed by atoms with Crippen LogP contribution in [0, 0.1) is 12.7 Å². The van der Waals surface area contributed by atoms with Crippen LogP contribution in [0.3, 0.4) is 0 Å². The number of halogens is 1. The van der Waals surface area contributed by atoms with Crippen molar-refractivity contribution in [3.05, 3.63) is 41.9 Å². The molecule has 0 radical (unpaired) electrons. The van der Waals surface area contributed by atoms with Gasteiger partial charge in [-0.15, -0.1) is 0 Å². The molecule has 2 aromatic rings. The van der Waals surface area contributed by atoms with Crippen molar-refractivity contribution >= 4 is 21.7 Å². The van der Waals surface area contributed by atoms with Gasteiger partial charge in [-0.05, 0) is 31.2 Å². The van der Waals surface area contributed by atoms with Gasteiger partial charge >= 0.3 is 0 Å². The van der Waals surface area contributed by atoms with Gasteiger partial charge in [-0.25, -0.2) is 12.8 Å². The zero-order valence-corrected chi connectivity index (χ0v) is 15.7. The summed E-state index contributed by atoms with van der Waals surface area (Å²) >= 11 is 0. The van der Waals surface area contributed by atoms with Crippen molar-refractivity contribution in [1.29, 1.82) is 0 Å². The summed E-state index contributed by atoms with van der Waals surface area (Å²) in [5.74, 6) is 0.346. The summed E-state index contributed by atoms with van der Waals surface area (Å²) in [6.45, 7) is 3.95. The highest BCUT2D eigenvalue weighted by atomic mass is 32.2. The Kier molecular flexibility index (Phi) is 5.88. The van der Waals surface area contributed by atoms with E-state index in [1.54, 1.807) is 13.0 Å². The number of rotatable bonds is 6. The Bertz CT molecular complexity index is 890. The van der Waals surface area contributed by atoms with Gasteiger partial charge in [0.05, 0.1) is 4.90 Å². The van der Waals surface area contributed by atoms with Gasteiger partial charge < -0.3 is 14.7 Å². The minimum absolute atomic E-state index is 0.0830. The van der Waals surface area contributed by atoms with Crippen molar-refractivity contribution in [2.45, 2.75) is 18.2 Å². The third kappa shape index (κ3) is 4.90. The molecule has 1 amide bonds. The first-order valence-electron chi connectivity index (χ1n) is 8.56. The summed E-state index contributed by atoms with van der Waals surface area (Å²) in [6, 6.07) is 6.45. The van der Waals surface area contributed by atoms with E-state index in [2.05, 4.69) is 10.5 Å². The number of hydrogen-bond donors (Lipinski definition) is 1. The molecule has 0 spiro atoms. The Balaban J connectivity index is 1.47. The van der Waals surface area contributed by atoms with Gasteiger partial charge in [-0.1, -0.05) is 5.16 Å². The fourth-order valence-electron chi connectivity index (χ4n) is 2.84. The molecule has 146 valence electrons. The molecule has 1 saturated heterocycles. The molecule has 0 saturated carbocycles. The smallest absolute Gasteiger partial charge is 0.243 e. The Labute approximate surface area is 157 Å². The first-order chi connectivity index (χ1) is 12.8. The number of nitrogens with zero attached hydrogens (tertiary/aromatic N) is 3. The molecular formula is C17H21FN4O4S. The number of aromatic nitrogens is 1. The second-order valence-electron chi connectivity index (χ2n) is 6.32. The molecule has 0 aliphatic carbocycles. The van der Waals surface area contributed by atoms with Crippen molar-refractivity contribution in [2.24, 2.45) is 0 Å². The summed E-state index contributed by atoms with van der Waals surface area (Å²) in [6.07, 6.45) is 0.274. The molecule has 10 heteroatoms. The molecule has 2 heterocycles. The van der Waals surface area contributed by atoms with Crippen LogP contribution in [-0.4, -0.2) is 61.4 Å². The number of hydrogen-bond acceptors (Lipinski definition) is 6. The number of anilines is 1. The second-order valence-corrected chi connectivity index (χ2v) is 8.26. The lowest BCUT2D eigenvalue weighted by molar-refractivity contribution is -0.116. The Morgan fingerprint density at radius 2 is 1.89 bits per heavy atom. The number of benzene rings is 1. The molecule has 1 fully saturated rings. The third-order valence-electron chi connectivity index (χ3n) is 4.33. The number of carbonyl (C=O) groups is 1. The predicted octanol–water partition coefficient (Wildman–Crippen LogP) is 1.46. The van der Waals surface area contributed by atoms with Gasteiger partial charge in [-0.2, -0.15) is 4.31 Å². The lowest BCUT2D eigenvalue weighted by Crippen LogP contribution is -2.49. The summed E-state index contributed by atoms with van der Waals surface area (Å²) in [7, 11) is -3.63. The van der Waals surface area contributed by atoms with E-state index < -0.39 is 15.8 Å². The van der Waals surface area contributed by atoms with Gasteiger partial charge in [0.2, 0.25) is 15.9 Å². The maximum atomic E-state index is 13.0. The molecule has 0 atom stereocenters. The number of sulfonamides is 1. The molecular weight excluding hydrogens is 375 g/mol. The molecule has 0 bridgehead atoms. The quantitative estimate of drug-likeness (QED) is 0.794. The molecule has 8 nitrogen and oxygen atoms in total. The van der Waals surface area contributed by atoms with E-state index in [9.17, 15) is 17.6 Å². The summed E-state index contributed by atoms with van der Waals surface area (Å²) < 4.78 is 44.4. The first kappa shape index (κ1) is 19.5. The molecule has 1 aliphatic rings. The van der Waals surface area contributed by atoms with Crippen LogP contribution >= 0.6 is 0 Å². The highest BCUT2D eigenvalue weighted by molar-refractivity contribution is 7.89.